The van der Waals surface area contributed by atoms with Gasteiger partial charge in [0.1, 0.15) is 5.37 Å². The van der Waals surface area contributed by atoms with E-state index in [1.165, 1.54) is 0 Å². The van der Waals surface area contributed by atoms with E-state index < -0.39 is 0 Å². The van der Waals surface area contributed by atoms with Gasteiger partial charge in [-0.2, -0.15) is 0 Å². The zero-order valence-corrected chi connectivity index (χ0v) is 14.6. The predicted molar refractivity (Wildman–Crippen MR) is 93.3 cm³/mol. The molecule has 0 bridgehead atoms. The standard InChI is InChI=1S/C15H10BrCl2NOS/c16-9-1-4-11(5-2-9)19-14(20)8-21-15(19)12-6-3-10(17)7-13(12)18/h1-7,15H,8H2/t15-/m1/s1. The maximum Gasteiger partial charge on any atom is 0.238 e. The lowest BCUT2D eigenvalue weighted by molar-refractivity contribution is -0.115. The zero-order chi connectivity index (χ0) is 15.0. The van der Waals surface area contributed by atoms with Crippen LogP contribution in [0.2, 0.25) is 10.0 Å². The van der Waals surface area contributed by atoms with E-state index in [4.69, 9.17) is 23.2 Å². The molecule has 2 nitrogen and oxygen atoms in total. The molecule has 0 radical (unpaired) electrons. The molecule has 2 aromatic carbocycles. The molecule has 0 saturated carbocycles. The fourth-order valence-electron chi connectivity index (χ4n) is 2.24. The fourth-order valence-corrected chi connectivity index (χ4v) is 4.29. The van der Waals surface area contributed by atoms with Crippen molar-refractivity contribution in [2.24, 2.45) is 0 Å². The summed E-state index contributed by atoms with van der Waals surface area (Å²) in [5.74, 6) is 0.526. The quantitative estimate of drug-likeness (QED) is 0.657. The number of halogens is 3. The molecule has 0 N–H and O–H groups in total. The average Bonchev–Trinajstić information content (AvgIpc) is 2.82. The first kappa shape index (κ1) is 15.2. The number of amides is 1. The molecule has 2 aromatic rings. The first-order valence-corrected chi connectivity index (χ1v) is 8.80. The minimum absolute atomic E-state index is 0.0818. The Morgan fingerprint density at radius 2 is 1.86 bits per heavy atom. The minimum Gasteiger partial charge on any atom is -0.295 e. The van der Waals surface area contributed by atoms with Gasteiger partial charge in [0.2, 0.25) is 5.91 Å². The third-order valence-electron chi connectivity index (χ3n) is 3.20. The molecule has 0 unspecified atom stereocenters. The minimum atomic E-state index is -0.122. The van der Waals surface area contributed by atoms with E-state index in [0.717, 1.165) is 15.7 Å². The molecule has 1 heterocycles. The molecule has 1 fully saturated rings. The highest BCUT2D eigenvalue weighted by Crippen LogP contribution is 2.44. The molecule has 3 rings (SSSR count). The summed E-state index contributed by atoms with van der Waals surface area (Å²) in [6.45, 7) is 0. The Balaban J connectivity index is 2.01. The molecule has 1 atom stereocenters. The maximum atomic E-state index is 12.2. The van der Waals surface area contributed by atoms with Gasteiger partial charge in [0, 0.05) is 25.8 Å². The number of rotatable bonds is 2. The van der Waals surface area contributed by atoms with Gasteiger partial charge < -0.3 is 0 Å². The Morgan fingerprint density at radius 3 is 2.52 bits per heavy atom. The van der Waals surface area contributed by atoms with Crippen LogP contribution in [0.25, 0.3) is 0 Å². The lowest BCUT2D eigenvalue weighted by Crippen LogP contribution is -2.27. The summed E-state index contributed by atoms with van der Waals surface area (Å²) in [6.07, 6.45) is 0. The second kappa shape index (κ2) is 6.21. The zero-order valence-electron chi connectivity index (χ0n) is 10.7. The van der Waals surface area contributed by atoms with Gasteiger partial charge in [-0.05, 0) is 36.4 Å². The summed E-state index contributed by atoms with van der Waals surface area (Å²) in [7, 11) is 0. The van der Waals surface area contributed by atoms with Gasteiger partial charge in [-0.25, -0.2) is 0 Å². The van der Waals surface area contributed by atoms with Crippen molar-refractivity contribution in [1.29, 1.82) is 0 Å². The van der Waals surface area contributed by atoms with Crippen molar-refractivity contribution in [2.75, 3.05) is 10.7 Å². The largest absolute Gasteiger partial charge is 0.295 e. The van der Waals surface area contributed by atoms with Crippen LogP contribution < -0.4 is 4.90 Å². The molecule has 1 amide bonds. The van der Waals surface area contributed by atoms with Crippen molar-refractivity contribution in [3.8, 4) is 0 Å². The number of thioether (sulfide) groups is 1. The summed E-state index contributed by atoms with van der Waals surface area (Å²) >= 11 is 17.2. The predicted octanol–water partition coefficient (Wildman–Crippen LogP) is 5.53. The molecule has 1 saturated heterocycles. The molecular formula is C15H10BrCl2NOS. The van der Waals surface area contributed by atoms with Crippen LogP contribution in [0.15, 0.2) is 46.9 Å². The lowest BCUT2D eigenvalue weighted by Gasteiger charge is -2.25. The highest BCUT2D eigenvalue weighted by molar-refractivity contribution is 9.10. The van der Waals surface area contributed by atoms with Crippen LogP contribution in [-0.4, -0.2) is 11.7 Å². The van der Waals surface area contributed by atoms with Gasteiger partial charge in [0.15, 0.2) is 0 Å². The summed E-state index contributed by atoms with van der Waals surface area (Å²) < 4.78 is 0.978. The second-order valence-electron chi connectivity index (χ2n) is 4.57. The van der Waals surface area contributed by atoms with Crippen molar-refractivity contribution in [3.63, 3.8) is 0 Å². The smallest absolute Gasteiger partial charge is 0.238 e. The summed E-state index contributed by atoms with van der Waals surface area (Å²) in [4.78, 5) is 14.0. The second-order valence-corrected chi connectivity index (χ2v) is 7.40. The summed E-state index contributed by atoms with van der Waals surface area (Å²) in [5, 5.41) is 1.05. The third kappa shape index (κ3) is 3.09. The van der Waals surface area contributed by atoms with Crippen molar-refractivity contribution < 1.29 is 4.79 Å². The van der Waals surface area contributed by atoms with E-state index in [2.05, 4.69) is 15.9 Å². The number of hydrogen-bond donors (Lipinski definition) is 0. The topological polar surface area (TPSA) is 20.3 Å². The monoisotopic (exact) mass is 401 g/mol. The normalized spacial score (nSPS) is 18.3. The molecule has 21 heavy (non-hydrogen) atoms. The van der Waals surface area contributed by atoms with E-state index in [1.807, 2.05) is 30.3 Å². The SMILES string of the molecule is O=C1CS[C@H](c2ccc(Cl)cc2Cl)N1c1ccc(Br)cc1. The number of benzene rings is 2. The van der Waals surface area contributed by atoms with Crippen molar-refractivity contribution in [1.82, 2.24) is 0 Å². The Morgan fingerprint density at radius 1 is 1.14 bits per heavy atom. The molecule has 6 heteroatoms. The molecule has 108 valence electrons. The number of nitrogens with zero attached hydrogens (tertiary/aromatic N) is 1. The van der Waals surface area contributed by atoms with Gasteiger partial charge in [-0.1, -0.05) is 45.2 Å². The number of carbonyl (C=O) groups is 1. The van der Waals surface area contributed by atoms with Gasteiger partial charge in [-0.15, -0.1) is 11.8 Å². The first-order chi connectivity index (χ1) is 10.1. The van der Waals surface area contributed by atoms with E-state index in [9.17, 15) is 4.79 Å². The van der Waals surface area contributed by atoms with E-state index in [-0.39, 0.29) is 11.3 Å². The highest BCUT2D eigenvalue weighted by Gasteiger charge is 2.35. The van der Waals surface area contributed by atoms with Crippen LogP contribution >= 0.6 is 50.9 Å². The Kier molecular flexibility index (Phi) is 4.50. The van der Waals surface area contributed by atoms with Gasteiger partial charge in [0.25, 0.3) is 0 Å². The summed E-state index contributed by atoms with van der Waals surface area (Å²) in [5.41, 5.74) is 1.77. The van der Waals surface area contributed by atoms with Crippen molar-refractivity contribution in [3.05, 3.63) is 62.5 Å². The van der Waals surface area contributed by atoms with Gasteiger partial charge >= 0.3 is 0 Å². The molecule has 1 aliphatic heterocycles. The molecule has 0 aromatic heterocycles. The molecule has 0 spiro atoms. The third-order valence-corrected chi connectivity index (χ3v) is 5.49. The summed E-state index contributed by atoms with van der Waals surface area (Å²) in [6, 6.07) is 13.1. The van der Waals surface area contributed by atoms with Crippen LogP contribution in [0.4, 0.5) is 5.69 Å². The number of hydrogen-bond acceptors (Lipinski definition) is 2. The number of anilines is 1. The van der Waals surface area contributed by atoms with Crippen molar-refractivity contribution in [2.45, 2.75) is 5.37 Å². The molecular weight excluding hydrogens is 393 g/mol. The van der Waals surface area contributed by atoms with E-state index in [1.54, 1.807) is 28.8 Å². The fraction of sp³-hybridized carbons (Fsp3) is 0.133. The molecule has 0 aliphatic carbocycles. The maximum absolute atomic E-state index is 12.2. The molecule has 1 aliphatic rings. The van der Waals surface area contributed by atoms with Crippen LogP contribution in [0.1, 0.15) is 10.9 Å². The number of carbonyl (C=O) groups excluding carboxylic acids is 1. The highest BCUT2D eigenvalue weighted by atomic mass is 79.9. The Labute approximate surface area is 145 Å². The van der Waals surface area contributed by atoms with Crippen LogP contribution in [0.5, 0.6) is 0 Å². The van der Waals surface area contributed by atoms with Crippen LogP contribution in [0.3, 0.4) is 0 Å². The van der Waals surface area contributed by atoms with Crippen LogP contribution in [-0.2, 0) is 4.79 Å². The van der Waals surface area contributed by atoms with Crippen molar-refractivity contribution >= 4 is 62.5 Å². The van der Waals surface area contributed by atoms with Gasteiger partial charge in [0.05, 0.1) is 5.75 Å². The van der Waals surface area contributed by atoms with Gasteiger partial charge in [-0.3, -0.25) is 9.69 Å². The first-order valence-electron chi connectivity index (χ1n) is 6.20. The van der Waals surface area contributed by atoms with E-state index in [0.29, 0.717) is 15.8 Å². The lowest BCUT2D eigenvalue weighted by atomic mass is 10.2. The Bertz CT molecular complexity index is 693. The van der Waals surface area contributed by atoms with E-state index >= 15 is 0 Å². The Hall–Kier alpha value is -0.680. The average molecular weight is 403 g/mol. The van der Waals surface area contributed by atoms with Crippen LogP contribution in [0, 0.1) is 0 Å².